The summed E-state index contributed by atoms with van der Waals surface area (Å²) in [4.78, 5) is 24.3. The average molecular weight is 582 g/mol. The molecule has 0 radical (unpaired) electrons. The summed E-state index contributed by atoms with van der Waals surface area (Å²) in [7, 11) is 0. The number of rotatable bonds is 6. The zero-order chi connectivity index (χ0) is 30.1. The van der Waals surface area contributed by atoms with Gasteiger partial charge in [0.1, 0.15) is 24.1 Å². The monoisotopic (exact) mass is 581 g/mol. The Balaban J connectivity index is 1.65. The van der Waals surface area contributed by atoms with E-state index >= 15 is 0 Å². The van der Waals surface area contributed by atoms with E-state index in [0.717, 1.165) is 0 Å². The molecule has 1 saturated heterocycles. The Labute approximate surface area is 229 Å². The molecule has 14 heteroatoms. The van der Waals surface area contributed by atoms with Crippen LogP contribution in [0.25, 0.3) is 0 Å². The highest BCUT2D eigenvalue weighted by Crippen LogP contribution is 2.40. The molecule has 0 bridgehead atoms. The first-order valence-electron chi connectivity index (χ1n) is 12.3. The van der Waals surface area contributed by atoms with Crippen molar-refractivity contribution in [2.24, 2.45) is 5.73 Å². The number of primary amides is 1. The van der Waals surface area contributed by atoms with Crippen LogP contribution in [0.3, 0.4) is 0 Å². The lowest BCUT2D eigenvalue weighted by Crippen LogP contribution is -2.59. The molecule has 3 aromatic rings. The summed E-state index contributed by atoms with van der Waals surface area (Å²) in [5.41, 5.74) is 0.209. The fourth-order valence-electron chi connectivity index (χ4n) is 4.90. The molecule has 1 amide bonds. The quantitative estimate of drug-likeness (QED) is 0.298. The van der Waals surface area contributed by atoms with Crippen molar-refractivity contribution < 1.29 is 35.9 Å². The number of alkyl halides is 6. The van der Waals surface area contributed by atoms with Gasteiger partial charge in [0.25, 0.3) is 0 Å². The van der Waals surface area contributed by atoms with Crippen molar-refractivity contribution in [3.8, 4) is 12.0 Å². The third-order valence-corrected chi connectivity index (χ3v) is 7.10. The van der Waals surface area contributed by atoms with E-state index in [1.54, 1.807) is 30.3 Å². The molecule has 1 aromatic heterocycles. The zero-order valence-corrected chi connectivity index (χ0v) is 21.6. The lowest BCUT2D eigenvalue weighted by molar-refractivity contribution is -0.143. The van der Waals surface area contributed by atoms with Crippen LogP contribution in [0, 0.1) is 12.0 Å². The number of carbonyl (C=O) groups excluding carboxylic acids is 1. The number of halogens is 6. The summed E-state index contributed by atoms with van der Waals surface area (Å²) >= 11 is 0. The van der Waals surface area contributed by atoms with E-state index in [-0.39, 0.29) is 37.4 Å². The number of amides is 1. The van der Waals surface area contributed by atoms with Crippen LogP contribution in [0.1, 0.15) is 54.5 Å². The van der Waals surface area contributed by atoms with Crippen molar-refractivity contribution >= 4 is 5.91 Å². The van der Waals surface area contributed by atoms with E-state index in [1.807, 2.05) is 0 Å². The van der Waals surface area contributed by atoms with Gasteiger partial charge in [-0.05, 0) is 55.0 Å². The van der Waals surface area contributed by atoms with E-state index in [9.17, 15) is 35.9 Å². The molecule has 2 aromatic carbocycles. The van der Waals surface area contributed by atoms with Gasteiger partial charge in [0.2, 0.25) is 5.91 Å². The van der Waals surface area contributed by atoms with Gasteiger partial charge in [-0.25, -0.2) is 9.89 Å². The highest BCUT2D eigenvalue weighted by atomic mass is 19.4. The van der Waals surface area contributed by atoms with E-state index < -0.39 is 52.3 Å². The van der Waals surface area contributed by atoms with Crippen LogP contribution >= 0.6 is 0 Å². The molecule has 4 rings (SSSR count). The minimum absolute atomic E-state index is 0.0436. The maximum Gasteiger partial charge on any atom is 0.416 e. The number of nitrogens with two attached hydrogens (primary N) is 1. The molecule has 1 fully saturated rings. The van der Waals surface area contributed by atoms with Crippen LogP contribution in [0.4, 0.5) is 26.3 Å². The summed E-state index contributed by atoms with van der Waals surface area (Å²) in [6.07, 6.45) is -7.22. The third kappa shape index (κ3) is 6.40. The van der Waals surface area contributed by atoms with Crippen LogP contribution in [0.5, 0.6) is 0 Å². The highest BCUT2D eigenvalue weighted by Gasteiger charge is 2.46. The lowest BCUT2D eigenvalue weighted by Gasteiger charge is -2.45. The van der Waals surface area contributed by atoms with Crippen molar-refractivity contribution in [1.29, 1.82) is 0 Å². The number of hydrogen-bond donors (Lipinski definition) is 3. The van der Waals surface area contributed by atoms with Crippen molar-refractivity contribution in [2.45, 2.75) is 55.7 Å². The van der Waals surface area contributed by atoms with Gasteiger partial charge in [-0.2, -0.15) is 31.4 Å². The van der Waals surface area contributed by atoms with E-state index in [4.69, 9.17) is 10.5 Å². The molecule has 0 saturated carbocycles. The number of aromatic nitrogens is 3. The molecule has 1 aliphatic heterocycles. The lowest BCUT2D eigenvalue weighted by atomic mass is 9.75. The number of piperidine rings is 1. The van der Waals surface area contributed by atoms with Crippen LogP contribution in [0.2, 0.25) is 0 Å². The Morgan fingerprint density at radius 1 is 1.10 bits per heavy atom. The zero-order valence-electron chi connectivity index (χ0n) is 21.6. The maximum atomic E-state index is 13.3. The molecular formula is C27H25F6N5O3. The van der Waals surface area contributed by atoms with Gasteiger partial charge in [-0.15, -0.1) is 0 Å². The van der Waals surface area contributed by atoms with Gasteiger partial charge in [-0.3, -0.25) is 14.7 Å². The fourth-order valence-corrected chi connectivity index (χ4v) is 4.90. The summed E-state index contributed by atoms with van der Waals surface area (Å²) in [6.45, 7) is 1.34. The number of aromatic amines is 1. The molecule has 218 valence electrons. The Kier molecular flexibility index (Phi) is 7.95. The summed E-state index contributed by atoms with van der Waals surface area (Å²) < 4.78 is 86.5. The maximum absolute atomic E-state index is 13.3. The molecule has 8 nitrogen and oxygen atoms in total. The Morgan fingerprint density at radius 2 is 1.73 bits per heavy atom. The number of nitrogens with one attached hydrogen (secondary N) is 2. The van der Waals surface area contributed by atoms with Gasteiger partial charge < -0.3 is 10.5 Å². The second kappa shape index (κ2) is 11.0. The molecular weight excluding hydrogens is 556 g/mol. The van der Waals surface area contributed by atoms with Crippen LogP contribution < -0.4 is 16.7 Å². The van der Waals surface area contributed by atoms with Crippen molar-refractivity contribution in [1.82, 2.24) is 20.1 Å². The van der Waals surface area contributed by atoms with Crippen molar-refractivity contribution in [3.05, 3.63) is 87.6 Å². The molecule has 4 N–H and O–H groups in total. The molecule has 3 atom stereocenters. The first kappa shape index (κ1) is 29.7. The van der Waals surface area contributed by atoms with E-state index in [2.05, 4.69) is 27.5 Å². The first-order valence-corrected chi connectivity index (χ1v) is 12.3. The number of ether oxygens (including phenoxy) is 1. The number of benzene rings is 2. The average Bonchev–Trinajstić information content (AvgIpc) is 3.35. The molecule has 41 heavy (non-hydrogen) atoms. The second-order valence-electron chi connectivity index (χ2n) is 9.85. The number of nitrogens with zero attached hydrogens (tertiary/aromatic N) is 2. The van der Waals surface area contributed by atoms with E-state index in [1.165, 1.54) is 17.8 Å². The smallest absolute Gasteiger partial charge is 0.416 e. The Bertz CT molecular complexity index is 1480. The molecule has 0 spiro atoms. The van der Waals surface area contributed by atoms with Crippen LogP contribution in [-0.4, -0.2) is 27.2 Å². The van der Waals surface area contributed by atoms with Gasteiger partial charge in [0.05, 0.1) is 23.1 Å². The standard InChI is InChI=1S/C27H25F6N5O3/c1-17(18-11-20(26(28,29)30)13-21(12-18)27(31,32)33)41-10-9-25(19-5-3-2-4-6-19)8-7-24(15-35-25,14-22(34)39)38-16-36-37-23(38)40/h2-6,11-13,16-17,35H,7-8,14-15H2,1H3,(H2,34,39)(H,37,40)/t17-,24-,25-/m1/s1. The summed E-state index contributed by atoms with van der Waals surface area (Å²) in [6, 6.07) is 10.1. The van der Waals surface area contributed by atoms with Gasteiger partial charge in [0.15, 0.2) is 0 Å². The number of H-pyrrole nitrogens is 1. The fraction of sp³-hybridized carbons (Fsp3) is 0.370. The van der Waals surface area contributed by atoms with Crippen molar-refractivity contribution in [2.75, 3.05) is 6.54 Å². The van der Waals surface area contributed by atoms with Crippen LogP contribution in [0.15, 0.2) is 59.7 Å². The minimum Gasteiger partial charge on any atom is -0.439 e. The molecule has 1 aliphatic rings. The second-order valence-corrected chi connectivity index (χ2v) is 9.85. The van der Waals surface area contributed by atoms with Crippen LogP contribution in [-0.2, 0) is 33.0 Å². The van der Waals surface area contributed by atoms with Gasteiger partial charge in [-0.1, -0.05) is 30.3 Å². The summed E-state index contributed by atoms with van der Waals surface area (Å²) in [5, 5.41) is 9.31. The third-order valence-electron chi connectivity index (χ3n) is 7.10. The van der Waals surface area contributed by atoms with Crippen molar-refractivity contribution in [3.63, 3.8) is 0 Å². The highest BCUT2D eigenvalue weighted by molar-refractivity contribution is 5.75. The summed E-state index contributed by atoms with van der Waals surface area (Å²) in [5.74, 6) is 2.29. The Morgan fingerprint density at radius 3 is 2.22 bits per heavy atom. The number of carbonyl (C=O) groups is 1. The molecule has 0 unspecified atom stereocenters. The number of hydrogen-bond acceptors (Lipinski definition) is 5. The van der Waals surface area contributed by atoms with E-state index in [0.29, 0.717) is 17.7 Å². The van der Waals surface area contributed by atoms with Gasteiger partial charge in [0, 0.05) is 6.54 Å². The SMILES string of the molecule is C[C@@H](OC#C[C@@]1(c2ccccc2)CC[C@](CC(N)=O)(n2cn[nH]c2=O)CN1)c1cc(C(F)(F)F)cc(C(F)(F)F)c1. The molecule has 2 heterocycles. The predicted octanol–water partition coefficient (Wildman–Crippen LogP) is 4.20. The predicted molar refractivity (Wildman–Crippen MR) is 134 cm³/mol. The van der Waals surface area contributed by atoms with Gasteiger partial charge >= 0.3 is 18.0 Å². The minimum atomic E-state index is -5.00. The topological polar surface area (TPSA) is 115 Å². The normalized spacial score (nSPS) is 21.9. The largest absolute Gasteiger partial charge is 0.439 e. The Hall–Kier alpha value is -4.25. The first-order chi connectivity index (χ1) is 19.2. The molecule has 0 aliphatic carbocycles.